The molecular formula is C15H12Cl2N2O2. The van der Waals surface area contributed by atoms with Crippen molar-refractivity contribution in [3.63, 3.8) is 0 Å². The summed E-state index contributed by atoms with van der Waals surface area (Å²) < 4.78 is 5.73. The Hall–Kier alpha value is -1.75. The van der Waals surface area contributed by atoms with E-state index in [2.05, 4.69) is 10.6 Å². The normalized spacial score (nSPS) is 16.5. The molecule has 21 heavy (non-hydrogen) atoms. The highest BCUT2D eigenvalue weighted by atomic mass is 35.5. The molecule has 0 fully saturated rings. The third-order valence-electron chi connectivity index (χ3n) is 3.28. The van der Waals surface area contributed by atoms with Crippen LogP contribution in [0.15, 0.2) is 36.4 Å². The molecule has 0 radical (unpaired) electrons. The Bertz CT molecular complexity index is 719. The second-order valence-corrected chi connectivity index (χ2v) is 5.43. The molecule has 4 nitrogen and oxygen atoms in total. The number of nitrogens with one attached hydrogen (secondary N) is 2. The highest BCUT2D eigenvalue weighted by molar-refractivity contribution is 6.33. The van der Waals surface area contributed by atoms with E-state index < -0.39 is 6.04 Å². The Morgan fingerprint density at radius 1 is 1.14 bits per heavy atom. The van der Waals surface area contributed by atoms with Gasteiger partial charge in [-0.15, -0.1) is 0 Å². The van der Waals surface area contributed by atoms with E-state index in [0.29, 0.717) is 27.2 Å². The predicted octanol–water partition coefficient (Wildman–Crippen LogP) is 4.00. The summed E-state index contributed by atoms with van der Waals surface area (Å²) in [7, 11) is 1.72. The van der Waals surface area contributed by atoms with Gasteiger partial charge in [0.2, 0.25) is 5.91 Å². The van der Waals surface area contributed by atoms with Crippen LogP contribution in [0.5, 0.6) is 11.5 Å². The first-order valence-corrected chi connectivity index (χ1v) is 7.09. The molecule has 2 aromatic rings. The fourth-order valence-electron chi connectivity index (χ4n) is 2.27. The molecule has 0 aliphatic carbocycles. The van der Waals surface area contributed by atoms with Crippen LogP contribution in [-0.2, 0) is 4.79 Å². The zero-order chi connectivity index (χ0) is 15.0. The van der Waals surface area contributed by atoms with E-state index in [9.17, 15) is 4.79 Å². The first-order valence-electron chi connectivity index (χ1n) is 6.34. The van der Waals surface area contributed by atoms with Crippen LogP contribution in [0.2, 0.25) is 10.0 Å². The molecular weight excluding hydrogens is 311 g/mol. The van der Waals surface area contributed by atoms with Crippen molar-refractivity contribution in [1.82, 2.24) is 5.32 Å². The summed E-state index contributed by atoms with van der Waals surface area (Å²) in [5, 5.41) is 6.65. The van der Waals surface area contributed by atoms with Gasteiger partial charge in [-0.3, -0.25) is 4.79 Å². The fourth-order valence-corrected chi connectivity index (χ4v) is 2.66. The molecule has 0 saturated heterocycles. The van der Waals surface area contributed by atoms with Crippen LogP contribution in [-0.4, -0.2) is 13.0 Å². The molecule has 1 heterocycles. The van der Waals surface area contributed by atoms with Crippen LogP contribution >= 0.6 is 23.2 Å². The summed E-state index contributed by atoms with van der Waals surface area (Å²) in [6.45, 7) is 0. The van der Waals surface area contributed by atoms with E-state index >= 15 is 0 Å². The number of likely N-dealkylation sites (N-methyl/N-ethyl adjacent to an activating group) is 1. The quantitative estimate of drug-likeness (QED) is 0.898. The van der Waals surface area contributed by atoms with Gasteiger partial charge in [-0.2, -0.15) is 0 Å². The Morgan fingerprint density at radius 3 is 2.62 bits per heavy atom. The number of carbonyl (C=O) groups is 1. The molecule has 1 aliphatic heterocycles. The molecule has 2 N–H and O–H groups in total. The number of halogens is 2. The minimum absolute atomic E-state index is 0.113. The van der Waals surface area contributed by atoms with Crippen molar-refractivity contribution in [2.75, 3.05) is 12.4 Å². The summed E-state index contributed by atoms with van der Waals surface area (Å²) in [6.07, 6.45) is 0. The van der Waals surface area contributed by atoms with Crippen LogP contribution in [0.1, 0.15) is 11.6 Å². The van der Waals surface area contributed by atoms with E-state index in [0.717, 1.165) is 5.56 Å². The monoisotopic (exact) mass is 322 g/mol. The summed E-state index contributed by atoms with van der Waals surface area (Å²) in [5.41, 5.74) is 1.49. The Labute approximate surface area is 132 Å². The maximum atomic E-state index is 11.8. The molecule has 0 bridgehead atoms. The Morgan fingerprint density at radius 2 is 1.90 bits per heavy atom. The van der Waals surface area contributed by atoms with E-state index in [1.165, 1.54) is 0 Å². The lowest BCUT2D eigenvalue weighted by Gasteiger charge is -2.12. The number of carbonyl (C=O) groups excluding carboxylic acids is 1. The zero-order valence-electron chi connectivity index (χ0n) is 11.1. The van der Waals surface area contributed by atoms with Crippen LogP contribution < -0.4 is 15.4 Å². The van der Waals surface area contributed by atoms with Gasteiger partial charge in [-0.25, -0.2) is 0 Å². The molecule has 1 unspecified atom stereocenters. The van der Waals surface area contributed by atoms with Gasteiger partial charge >= 0.3 is 0 Å². The number of benzene rings is 2. The van der Waals surface area contributed by atoms with Crippen molar-refractivity contribution < 1.29 is 9.53 Å². The third-order valence-corrected chi connectivity index (χ3v) is 3.89. The number of rotatable bonds is 3. The molecule has 1 aliphatic rings. The number of amides is 1. The van der Waals surface area contributed by atoms with Crippen molar-refractivity contribution in [3.05, 3.63) is 52.0 Å². The first-order chi connectivity index (χ1) is 10.1. The summed E-state index contributed by atoms with van der Waals surface area (Å²) >= 11 is 12.3. The predicted molar refractivity (Wildman–Crippen MR) is 83.4 cm³/mol. The second kappa shape index (κ2) is 5.56. The van der Waals surface area contributed by atoms with Crippen LogP contribution in [0.4, 0.5) is 5.69 Å². The number of anilines is 1. The number of ether oxygens (including phenoxy) is 1. The Kier molecular flexibility index (Phi) is 3.76. The molecule has 0 saturated carbocycles. The SMILES string of the molecule is CNC1C(=O)Nc2cc(Oc3ccccc3Cl)c(Cl)cc21. The van der Waals surface area contributed by atoms with Crippen LogP contribution in [0.25, 0.3) is 0 Å². The smallest absolute Gasteiger partial charge is 0.246 e. The first kappa shape index (κ1) is 14.2. The van der Waals surface area contributed by atoms with Gasteiger partial charge in [0.25, 0.3) is 0 Å². The van der Waals surface area contributed by atoms with Gasteiger partial charge in [-0.05, 0) is 25.2 Å². The molecule has 6 heteroatoms. The van der Waals surface area contributed by atoms with Gasteiger partial charge in [-0.1, -0.05) is 35.3 Å². The van der Waals surface area contributed by atoms with Gasteiger partial charge in [0.1, 0.15) is 17.5 Å². The van der Waals surface area contributed by atoms with Crippen molar-refractivity contribution in [2.24, 2.45) is 0 Å². The van der Waals surface area contributed by atoms with E-state index in [-0.39, 0.29) is 5.91 Å². The molecule has 108 valence electrons. The molecule has 2 aromatic carbocycles. The lowest BCUT2D eigenvalue weighted by molar-refractivity contribution is -0.117. The average molecular weight is 323 g/mol. The lowest BCUT2D eigenvalue weighted by Crippen LogP contribution is -2.23. The molecule has 1 atom stereocenters. The van der Waals surface area contributed by atoms with E-state index in [1.54, 1.807) is 31.3 Å². The van der Waals surface area contributed by atoms with Crippen molar-refractivity contribution >= 4 is 34.8 Å². The maximum absolute atomic E-state index is 11.8. The molecule has 1 amide bonds. The van der Waals surface area contributed by atoms with Crippen molar-refractivity contribution in [1.29, 1.82) is 0 Å². The fraction of sp³-hybridized carbons (Fsp3) is 0.133. The highest BCUT2D eigenvalue weighted by Gasteiger charge is 2.30. The van der Waals surface area contributed by atoms with Crippen molar-refractivity contribution in [2.45, 2.75) is 6.04 Å². The largest absolute Gasteiger partial charge is 0.454 e. The van der Waals surface area contributed by atoms with Crippen molar-refractivity contribution in [3.8, 4) is 11.5 Å². The second-order valence-electron chi connectivity index (χ2n) is 4.61. The minimum atomic E-state index is -0.396. The highest BCUT2D eigenvalue weighted by Crippen LogP contribution is 2.41. The minimum Gasteiger partial charge on any atom is -0.454 e. The average Bonchev–Trinajstić information content (AvgIpc) is 2.76. The van der Waals surface area contributed by atoms with Gasteiger partial charge in [0.15, 0.2) is 0 Å². The zero-order valence-corrected chi connectivity index (χ0v) is 12.6. The number of fused-ring (bicyclic) bond motifs is 1. The summed E-state index contributed by atoms with van der Waals surface area (Å²) in [6, 6.07) is 10.2. The molecule has 3 rings (SSSR count). The van der Waals surface area contributed by atoms with Crippen LogP contribution in [0.3, 0.4) is 0 Å². The molecule has 0 aromatic heterocycles. The third kappa shape index (κ3) is 2.58. The van der Waals surface area contributed by atoms with Crippen LogP contribution in [0, 0.1) is 0 Å². The topological polar surface area (TPSA) is 50.4 Å². The van der Waals surface area contributed by atoms with Gasteiger partial charge in [0, 0.05) is 17.3 Å². The maximum Gasteiger partial charge on any atom is 0.246 e. The summed E-state index contributed by atoms with van der Waals surface area (Å²) in [5.74, 6) is 0.842. The summed E-state index contributed by atoms with van der Waals surface area (Å²) in [4.78, 5) is 11.8. The number of para-hydroxylation sites is 1. The molecule has 0 spiro atoms. The van der Waals surface area contributed by atoms with Gasteiger partial charge < -0.3 is 15.4 Å². The standard InChI is InChI=1S/C15H12Cl2N2O2/c1-18-14-8-6-10(17)13(7-11(8)19-15(14)20)21-12-5-3-2-4-9(12)16/h2-7,14,18H,1H3,(H,19,20). The van der Waals surface area contributed by atoms with Gasteiger partial charge in [0.05, 0.1) is 10.0 Å². The van der Waals surface area contributed by atoms with E-state index in [1.807, 2.05) is 12.1 Å². The number of hydrogen-bond acceptors (Lipinski definition) is 3. The number of hydrogen-bond donors (Lipinski definition) is 2. The Balaban J connectivity index is 1.98. The lowest BCUT2D eigenvalue weighted by atomic mass is 10.1. The van der Waals surface area contributed by atoms with E-state index in [4.69, 9.17) is 27.9 Å².